The topological polar surface area (TPSA) is 154 Å². The van der Waals surface area contributed by atoms with Gasteiger partial charge in [0.15, 0.2) is 5.78 Å². The molecule has 2 aliphatic heterocycles. The van der Waals surface area contributed by atoms with E-state index in [-0.39, 0.29) is 24.7 Å². The first-order chi connectivity index (χ1) is 16.7. The van der Waals surface area contributed by atoms with E-state index in [1.807, 2.05) is 32.0 Å². The van der Waals surface area contributed by atoms with Crippen molar-refractivity contribution in [3.63, 3.8) is 0 Å². The minimum absolute atomic E-state index is 0.0185. The van der Waals surface area contributed by atoms with E-state index in [4.69, 9.17) is 0 Å². The maximum absolute atomic E-state index is 13.2. The van der Waals surface area contributed by atoms with Crippen molar-refractivity contribution in [2.75, 3.05) is 18.5 Å². The Balaban J connectivity index is 1.78. The molecule has 2 aliphatic rings. The smallest absolute Gasteiger partial charge is 0.313 e. The Hall–Kier alpha value is -3.27. The quantitative estimate of drug-likeness (QED) is 0.348. The van der Waals surface area contributed by atoms with E-state index in [1.165, 1.54) is 0 Å². The highest BCUT2D eigenvalue weighted by atomic mass is 16.3. The zero-order chi connectivity index (χ0) is 25.5. The molecular weight excluding hydrogens is 452 g/mol. The molecule has 5 N–H and O–H groups in total. The summed E-state index contributed by atoms with van der Waals surface area (Å²) in [7, 11) is 0. The molecule has 2 heterocycles. The summed E-state index contributed by atoms with van der Waals surface area (Å²) < 4.78 is 0. The Kier molecular flexibility index (Phi) is 8.97. The van der Waals surface area contributed by atoms with Crippen LogP contribution in [0.2, 0.25) is 0 Å². The summed E-state index contributed by atoms with van der Waals surface area (Å²) in [6.45, 7) is 3.63. The van der Waals surface area contributed by atoms with Gasteiger partial charge in [-0.15, -0.1) is 0 Å². The molecule has 1 saturated heterocycles. The van der Waals surface area contributed by atoms with E-state index in [1.54, 1.807) is 0 Å². The molecular formula is C25H34N4O6. The fourth-order valence-corrected chi connectivity index (χ4v) is 4.67. The van der Waals surface area contributed by atoms with Gasteiger partial charge in [0.05, 0.1) is 6.04 Å². The Morgan fingerprint density at radius 1 is 1.17 bits per heavy atom. The third-order valence-electron chi connectivity index (χ3n) is 6.77. The van der Waals surface area contributed by atoms with Crippen LogP contribution in [0.4, 0.5) is 5.69 Å². The summed E-state index contributed by atoms with van der Waals surface area (Å²) in [5.41, 5.74) is 2.49. The minimum atomic E-state index is -1.07. The number of fused-ring (bicyclic) bond motifs is 1. The monoisotopic (exact) mass is 486 g/mol. The molecule has 1 aromatic rings. The van der Waals surface area contributed by atoms with Crippen LogP contribution in [0, 0.1) is 11.8 Å². The third kappa shape index (κ3) is 6.66. The van der Waals surface area contributed by atoms with Crippen LogP contribution in [0.5, 0.6) is 0 Å². The van der Waals surface area contributed by atoms with Gasteiger partial charge in [-0.3, -0.25) is 24.0 Å². The predicted octanol–water partition coefficient (Wildman–Crippen LogP) is 0.217. The number of aryl methyl sites for hydroxylation is 2. The minimum Gasteiger partial charge on any atom is -0.389 e. The van der Waals surface area contributed by atoms with Crippen LogP contribution in [-0.4, -0.2) is 59.8 Å². The van der Waals surface area contributed by atoms with Crippen LogP contribution in [0.3, 0.4) is 0 Å². The number of aliphatic hydroxyl groups excluding tert-OH is 1. The first kappa shape index (κ1) is 26.3. The van der Waals surface area contributed by atoms with Gasteiger partial charge in [0.1, 0.15) is 12.6 Å². The first-order valence-electron chi connectivity index (χ1n) is 12.2. The normalized spacial score (nSPS) is 23.7. The van der Waals surface area contributed by atoms with Crippen molar-refractivity contribution in [1.82, 2.24) is 16.0 Å². The second-order valence-corrected chi connectivity index (χ2v) is 9.36. The molecule has 10 heteroatoms. The van der Waals surface area contributed by atoms with Gasteiger partial charge in [-0.1, -0.05) is 32.0 Å². The van der Waals surface area contributed by atoms with Crippen LogP contribution in [0.15, 0.2) is 18.2 Å². The predicted molar refractivity (Wildman–Crippen MR) is 128 cm³/mol. The summed E-state index contributed by atoms with van der Waals surface area (Å²) >= 11 is 0. The maximum atomic E-state index is 13.2. The van der Waals surface area contributed by atoms with Crippen LogP contribution >= 0.6 is 0 Å². The van der Waals surface area contributed by atoms with E-state index in [2.05, 4.69) is 21.3 Å². The summed E-state index contributed by atoms with van der Waals surface area (Å²) in [4.78, 5) is 62.8. The molecule has 0 aromatic heterocycles. The average molecular weight is 487 g/mol. The number of hydrogen-bond donors (Lipinski definition) is 5. The van der Waals surface area contributed by atoms with Gasteiger partial charge in [-0.05, 0) is 55.6 Å². The number of amides is 4. The van der Waals surface area contributed by atoms with Gasteiger partial charge < -0.3 is 26.4 Å². The highest BCUT2D eigenvalue weighted by molar-refractivity contribution is 6.40. The van der Waals surface area contributed by atoms with Crippen LogP contribution in [0.25, 0.3) is 0 Å². The SMILES string of the molecule is CCc1cccc2c1NC(=O)C(=O)NC(C(=O)NC(CC1CCNC1=O)C(=O)CO)CC(C)CC2. The Labute approximate surface area is 204 Å². The van der Waals surface area contributed by atoms with E-state index in [0.29, 0.717) is 31.5 Å². The van der Waals surface area contributed by atoms with Crippen molar-refractivity contribution >= 4 is 35.1 Å². The fraction of sp³-hybridized carbons (Fsp3) is 0.560. The highest BCUT2D eigenvalue weighted by Crippen LogP contribution is 2.26. The molecule has 190 valence electrons. The lowest BCUT2D eigenvalue weighted by molar-refractivity contribution is -0.138. The number of hydrogen-bond acceptors (Lipinski definition) is 6. The largest absolute Gasteiger partial charge is 0.389 e. The first-order valence-corrected chi connectivity index (χ1v) is 12.2. The molecule has 4 unspecified atom stereocenters. The maximum Gasteiger partial charge on any atom is 0.313 e. The molecule has 35 heavy (non-hydrogen) atoms. The Morgan fingerprint density at radius 3 is 2.60 bits per heavy atom. The van der Waals surface area contributed by atoms with Crippen molar-refractivity contribution in [1.29, 1.82) is 0 Å². The number of carbonyl (C=O) groups is 5. The second-order valence-electron chi connectivity index (χ2n) is 9.36. The van der Waals surface area contributed by atoms with Crippen molar-refractivity contribution in [2.24, 2.45) is 11.8 Å². The summed E-state index contributed by atoms with van der Waals surface area (Å²) in [6.07, 6.45) is 2.92. The molecule has 10 nitrogen and oxygen atoms in total. The number of anilines is 1. The van der Waals surface area contributed by atoms with Gasteiger partial charge in [0.2, 0.25) is 11.8 Å². The lowest BCUT2D eigenvalue weighted by Crippen LogP contribution is -2.54. The number of para-hydroxylation sites is 1. The number of Topliss-reactive ketones (excluding diaryl/α,β-unsaturated/α-hetero) is 1. The van der Waals surface area contributed by atoms with Crippen LogP contribution < -0.4 is 21.3 Å². The van der Waals surface area contributed by atoms with Crippen molar-refractivity contribution in [3.8, 4) is 0 Å². The molecule has 0 aliphatic carbocycles. The number of benzene rings is 1. The molecule has 0 saturated carbocycles. The molecule has 3 rings (SSSR count). The summed E-state index contributed by atoms with van der Waals surface area (Å²) in [5.74, 6) is -3.70. The fourth-order valence-electron chi connectivity index (χ4n) is 4.67. The molecule has 1 fully saturated rings. The van der Waals surface area contributed by atoms with Gasteiger partial charge >= 0.3 is 11.8 Å². The zero-order valence-corrected chi connectivity index (χ0v) is 20.2. The molecule has 0 bridgehead atoms. The lowest BCUT2D eigenvalue weighted by Gasteiger charge is -2.25. The van der Waals surface area contributed by atoms with Gasteiger partial charge in [0.25, 0.3) is 0 Å². The van der Waals surface area contributed by atoms with Crippen molar-refractivity contribution in [2.45, 2.75) is 64.5 Å². The standard InChI is InChI=1S/C25H34N4O6/c1-3-15-5-4-6-16-8-7-14(2)11-19(28-24(34)25(35)29-21(15)16)23(33)27-18(20(31)13-30)12-17-9-10-26-22(17)32/h4-6,14,17-19,30H,3,7-13H2,1-2H3,(H,26,32)(H,27,33)(H,28,34)(H,29,35). The van der Waals surface area contributed by atoms with E-state index in [9.17, 15) is 29.1 Å². The zero-order valence-electron chi connectivity index (χ0n) is 20.2. The van der Waals surface area contributed by atoms with Crippen molar-refractivity contribution in [3.05, 3.63) is 29.3 Å². The third-order valence-corrected chi connectivity index (χ3v) is 6.77. The molecule has 0 radical (unpaired) electrons. The number of aliphatic hydroxyl groups is 1. The highest BCUT2D eigenvalue weighted by Gasteiger charge is 2.34. The second kappa shape index (κ2) is 11.9. The number of nitrogens with one attached hydrogen (secondary N) is 4. The number of ketones is 1. The Morgan fingerprint density at radius 2 is 1.94 bits per heavy atom. The lowest BCUT2D eigenvalue weighted by atomic mass is 9.92. The van der Waals surface area contributed by atoms with Gasteiger partial charge in [-0.25, -0.2) is 0 Å². The van der Waals surface area contributed by atoms with Gasteiger partial charge in [0, 0.05) is 18.2 Å². The van der Waals surface area contributed by atoms with E-state index >= 15 is 0 Å². The summed E-state index contributed by atoms with van der Waals surface area (Å²) in [6, 6.07) is 3.62. The van der Waals surface area contributed by atoms with Gasteiger partial charge in [-0.2, -0.15) is 0 Å². The molecule has 4 atom stereocenters. The van der Waals surface area contributed by atoms with E-state index < -0.39 is 48.1 Å². The summed E-state index contributed by atoms with van der Waals surface area (Å²) in [5, 5.41) is 19.9. The van der Waals surface area contributed by atoms with E-state index in [0.717, 1.165) is 17.5 Å². The Bertz CT molecular complexity index is 994. The van der Waals surface area contributed by atoms with Crippen LogP contribution in [-0.2, 0) is 36.8 Å². The molecule has 4 amide bonds. The van der Waals surface area contributed by atoms with Crippen molar-refractivity contribution < 1.29 is 29.1 Å². The number of rotatable bonds is 7. The average Bonchev–Trinajstić information content (AvgIpc) is 3.24. The van der Waals surface area contributed by atoms with Crippen LogP contribution in [0.1, 0.15) is 50.7 Å². The molecule has 0 spiro atoms. The number of carbonyl (C=O) groups excluding carboxylic acids is 5. The molecule has 1 aromatic carbocycles.